The number of nitrogens with one attached hydrogen (secondary N) is 1. The molecule has 0 fully saturated rings. The lowest BCUT2D eigenvalue weighted by atomic mass is 10.2. The van der Waals surface area contributed by atoms with Crippen molar-refractivity contribution < 1.29 is 4.74 Å². The van der Waals surface area contributed by atoms with Crippen LogP contribution in [0.4, 0.5) is 11.5 Å². The summed E-state index contributed by atoms with van der Waals surface area (Å²) in [4.78, 5) is 6.36. The van der Waals surface area contributed by atoms with E-state index < -0.39 is 0 Å². The molecule has 1 aromatic rings. The number of allylic oxidation sites excluding steroid dienone is 2. The third kappa shape index (κ3) is 3.37. The molecule has 2 rings (SSSR count). The van der Waals surface area contributed by atoms with Crippen LogP contribution >= 0.6 is 0 Å². The van der Waals surface area contributed by atoms with E-state index in [1.54, 1.807) is 13.3 Å². The van der Waals surface area contributed by atoms with Crippen LogP contribution < -0.4 is 10.2 Å². The number of hydrogen-bond donors (Lipinski definition) is 1. The third-order valence-electron chi connectivity index (χ3n) is 2.94. The normalized spacial score (nSPS) is 14.9. The summed E-state index contributed by atoms with van der Waals surface area (Å²) in [5.74, 6) is 0.816. The van der Waals surface area contributed by atoms with Gasteiger partial charge < -0.3 is 15.0 Å². The van der Waals surface area contributed by atoms with Crippen molar-refractivity contribution in [2.24, 2.45) is 0 Å². The van der Waals surface area contributed by atoms with Crippen molar-refractivity contribution in [3.05, 3.63) is 42.3 Å². The molecule has 5 nitrogen and oxygen atoms in total. The zero-order valence-electron chi connectivity index (χ0n) is 11.7. The second-order valence-corrected chi connectivity index (χ2v) is 4.62. The first-order chi connectivity index (χ1) is 9.74. The molecule has 0 saturated carbocycles. The summed E-state index contributed by atoms with van der Waals surface area (Å²) in [7, 11) is 1.66. The zero-order chi connectivity index (χ0) is 14.4. The highest BCUT2D eigenvalue weighted by molar-refractivity contribution is 5.63. The minimum atomic E-state index is 0.124. The molecule has 0 unspecified atom stereocenters. The molecular formula is C15H18N4O. The number of anilines is 2. The van der Waals surface area contributed by atoms with Crippen LogP contribution in [-0.4, -0.2) is 31.3 Å². The van der Waals surface area contributed by atoms with Gasteiger partial charge in [0.25, 0.3) is 0 Å². The number of nitrogens with zero attached hydrogens (tertiary/aromatic N) is 3. The molecule has 2 heterocycles. The first kappa shape index (κ1) is 14.1. The number of pyridine rings is 1. The molecule has 5 heteroatoms. The summed E-state index contributed by atoms with van der Waals surface area (Å²) < 4.78 is 5.10. The summed E-state index contributed by atoms with van der Waals surface area (Å²) >= 11 is 0. The van der Waals surface area contributed by atoms with Crippen LogP contribution in [-0.2, 0) is 4.74 Å². The second kappa shape index (κ2) is 6.73. The van der Waals surface area contributed by atoms with Crippen LogP contribution in [0.3, 0.4) is 0 Å². The molecule has 0 amide bonds. The standard InChI is InChI=1S/C15H18N4O/c1-12(11-20-2)18-14-8-15(17-10-13(14)9-16)19-6-4-3-5-7-19/h3-6,8,10,12H,7,11H2,1-2H3,(H,17,18)/t12-/m1/s1. The lowest BCUT2D eigenvalue weighted by Crippen LogP contribution is -2.23. The van der Waals surface area contributed by atoms with Crippen LogP contribution in [0, 0.1) is 11.3 Å². The van der Waals surface area contributed by atoms with Crippen molar-refractivity contribution in [2.75, 3.05) is 30.5 Å². The van der Waals surface area contributed by atoms with E-state index in [-0.39, 0.29) is 6.04 Å². The predicted octanol–water partition coefficient (Wildman–Crippen LogP) is 2.29. The number of ether oxygens (including phenoxy) is 1. The van der Waals surface area contributed by atoms with Crippen molar-refractivity contribution in [1.29, 1.82) is 5.26 Å². The Balaban J connectivity index is 2.22. The number of rotatable bonds is 5. The van der Waals surface area contributed by atoms with E-state index >= 15 is 0 Å². The van der Waals surface area contributed by atoms with Crippen LogP contribution in [0.5, 0.6) is 0 Å². The van der Waals surface area contributed by atoms with E-state index in [0.29, 0.717) is 12.2 Å². The fourth-order valence-electron chi connectivity index (χ4n) is 2.00. The monoisotopic (exact) mass is 270 g/mol. The fraction of sp³-hybridized carbons (Fsp3) is 0.333. The number of methoxy groups -OCH3 is 1. The highest BCUT2D eigenvalue weighted by Gasteiger charge is 2.11. The average molecular weight is 270 g/mol. The maximum absolute atomic E-state index is 9.16. The topological polar surface area (TPSA) is 61.2 Å². The van der Waals surface area contributed by atoms with Gasteiger partial charge in [-0.1, -0.05) is 12.2 Å². The van der Waals surface area contributed by atoms with Crippen molar-refractivity contribution in [1.82, 2.24) is 4.98 Å². The van der Waals surface area contributed by atoms with Gasteiger partial charge >= 0.3 is 0 Å². The van der Waals surface area contributed by atoms with Gasteiger partial charge in [-0.3, -0.25) is 0 Å². The number of hydrogen-bond acceptors (Lipinski definition) is 5. The Labute approximate surface area is 119 Å². The van der Waals surface area contributed by atoms with Crippen LogP contribution in [0.2, 0.25) is 0 Å². The van der Waals surface area contributed by atoms with Crippen LogP contribution in [0.1, 0.15) is 12.5 Å². The maximum atomic E-state index is 9.16. The summed E-state index contributed by atoms with van der Waals surface area (Å²) in [6, 6.07) is 4.18. The number of aromatic nitrogens is 1. The Bertz CT molecular complexity index is 559. The largest absolute Gasteiger partial charge is 0.383 e. The van der Waals surface area contributed by atoms with E-state index in [1.807, 2.05) is 36.2 Å². The van der Waals surface area contributed by atoms with Gasteiger partial charge in [-0.2, -0.15) is 5.26 Å². The zero-order valence-corrected chi connectivity index (χ0v) is 11.7. The van der Waals surface area contributed by atoms with E-state index in [2.05, 4.69) is 22.4 Å². The number of nitriles is 1. The van der Waals surface area contributed by atoms with Gasteiger partial charge in [0.2, 0.25) is 0 Å². The Hall–Kier alpha value is -2.32. The van der Waals surface area contributed by atoms with Gasteiger partial charge in [0.15, 0.2) is 0 Å². The van der Waals surface area contributed by atoms with Gasteiger partial charge in [0.05, 0.1) is 17.9 Å². The van der Waals surface area contributed by atoms with Crippen molar-refractivity contribution in [3.63, 3.8) is 0 Å². The molecule has 0 aromatic carbocycles. The van der Waals surface area contributed by atoms with E-state index in [9.17, 15) is 0 Å². The van der Waals surface area contributed by atoms with Gasteiger partial charge in [-0.25, -0.2) is 4.98 Å². The average Bonchev–Trinajstić information content (AvgIpc) is 2.48. The molecule has 0 radical (unpaired) electrons. The summed E-state index contributed by atoms with van der Waals surface area (Å²) in [6.07, 6.45) is 9.59. The Morgan fingerprint density at radius 3 is 3.05 bits per heavy atom. The fourth-order valence-corrected chi connectivity index (χ4v) is 2.00. The van der Waals surface area contributed by atoms with Gasteiger partial charge in [-0.05, 0) is 13.0 Å². The maximum Gasteiger partial charge on any atom is 0.134 e. The highest BCUT2D eigenvalue weighted by Crippen LogP contribution is 2.22. The lowest BCUT2D eigenvalue weighted by molar-refractivity contribution is 0.190. The van der Waals surface area contributed by atoms with Crippen molar-refractivity contribution in [2.45, 2.75) is 13.0 Å². The summed E-state index contributed by atoms with van der Waals surface area (Å²) in [6.45, 7) is 3.37. The molecule has 20 heavy (non-hydrogen) atoms. The minimum absolute atomic E-state index is 0.124. The minimum Gasteiger partial charge on any atom is -0.383 e. The molecule has 0 spiro atoms. The second-order valence-electron chi connectivity index (χ2n) is 4.62. The lowest BCUT2D eigenvalue weighted by Gasteiger charge is -2.21. The molecule has 0 saturated heterocycles. The molecule has 104 valence electrons. The molecule has 1 N–H and O–H groups in total. The molecule has 0 bridgehead atoms. The molecule has 0 aliphatic carbocycles. The molecular weight excluding hydrogens is 252 g/mol. The SMILES string of the molecule is COC[C@@H](C)Nc1cc(N2C=CC=CC2)ncc1C#N. The van der Waals surface area contributed by atoms with Gasteiger partial charge in [0.1, 0.15) is 11.9 Å². The summed E-state index contributed by atoms with van der Waals surface area (Å²) in [5.41, 5.74) is 1.32. The van der Waals surface area contributed by atoms with E-state index in [0.717, 1.165) is 18.1 Å². The van der Waals surface area contributed by atoms with Crippen LogP contribution in [0.15, 0.2) is 36.7 Å². The van der Waals surface area contributed by atoms with E-state index in [1.165, 1.54) is 0 Å². The first-order valence-corrected chi connectivity index (χ1v) is 6.50. The van der Waals surface area contributed by atoms with E-state index in [4.69, 9.17) is 10.00 Å². The molecule has 1 atom stereocenters. The van der Waals surface area contributed by atoms with Crippen molar-refractivity contribution in [3.8, 4) is 6.07 Å². The van der Waals surface area contributed by atoms with Gasteiger partial charge in [-0.15, -0.1) is 0 Å². The highest BCUT2D eigenvalue weighted by atomic mass is 16.5. The Kier molecular flexibility index (Phi) is 4.75. The molecule has 1 aliphatic heterocycles. The molecule has 1 aliphatic rings. The summed E-state index contributed by atoms with van der Waals surface area (Å²) in [5, 5.41) is 12.4. The smallest absolute Gasteiger partial charge is 0.134 e. The predicted molar refractivity (Wildman–Crippen MR) is 79.5 cm³/mol. The Morgan fingerprint density at radius 1 is 1.55 bits per heavy atom. The van der Waals surface area contributed by atoms with Gasteiger partial charge in [0, 0.05) is 38.2 Å². The quantitative estimate of drug-likeness (QED) is 0.889. The first-order valence-electron chi connectivity index (χ1n) is 6.50. The van der Waals surface area contributed by atoms with Crippen LogP contribution in [0.25, 0.3) is 0 Å². The molecule has 1 aromatic heterocycles. The van der Waals surface area contributed by atoms with Crippen molar-refractivity contribution >= 4 is 11.5 Å². The Morgan fingerprint density at radius 2 is 2.40 bits per heavy atom. The third-order valence-corrected chi connectivity index (χ3v) is 2.94.